The van der Waals surface area contributed by atoms with Crippen molar-refractivity contribution < 1.29 is 4.79 Å². The van der Waals surface area contributed by atoms with Crippen LogP contribution in [0.15, 0.2) is 36.0 Å². The minimum Gasteiger partial charge on any atom is -0.369 e. The van der Waals surface area contributed by atoms with Crippen LogP contribution in [-0.4, -0.2) is 29.0 Å². The van der Waals surface area contributed by atoms with E-state index < -0.39 is 0 Å². The molecular weight excluding hydrogens is 332 g/mol. The van der Waals surface area contributed by atoms with Crippen LogP contribution in [0.4, 0.5) is 5.82 Å². The number of hydrogen-bond donors (Lipinski definition) is 1. The van der Waals surface area contributed by atoms with Crippen LogP contribution >= 0.6 is 11.3 Å². The molecule has 1 saturated heterocycles. The van der Waals surface area contributed by atoms with Crippen molar-refractivity contribution in [2.45, 2.75) is 19.8 Å². The van der Waals surface area contributed by atoms with E-state index in [-0.39, 0.29) is 11.8 Å². The van der Waals surface area contributed by atoms with Crippen molar-refractivity contribution in [1.82, 2.24) is 9.97 Å². The number of aromatic nitrogens is 2. The molecule has 3 heterocycles. The number of primary amides is 1. The molecule has 1 aliphatic heterocycles. The van der Waals surface area contributed by atoms with E-state index in [0.29, 0.717) is 6.54 Å². The molecule has 1 amide bonds. The van der Waals surface area contributed by atoms with Gasteiger partial charge in [0, 0.05) is 24.0 Å². The molecule has 25 heavy (non-hydrogen) atoms. The molecule has 5 nitrogen and oxygen atoms in total. The molecule has 0 radical (unpaired) electrons. The molecule has 2 aromatic heterocycles. The van der Waals surface area contributed by atoms with Gasteiger partial charge in [-0.3, -0.25) is 4.79 Å². The van der Waals surface area contributed by atoms with Gasteiger partial charge in [-0.05, 0) is 25.3 Å². The molecule has 1 fully saturated rings. The van der Waals surface area contributed by atoms with Crippen molar-refractivity contribution in [1.29, 1.82) is 0 Å². The van der Waals surface area contributed by atoms with Crippen LogP contribution in [0.3, 0.4) is 0 Å². The minimum atomic E-state index is -0.223. The Hall–Kier alpha value is -2.47. The van der Waals surface area contributed by atoms with E-state index in [1.54, 1.807) is 17.7 Å². The van der Waals surface area contributed by atoms with Crippen LogP contribution in [0.2, 0.25) is 0 Å². The number of anilines is 1. The van der Waals surface area contributed by atoms with Crippen molar-refractivity contribution in [2.75, 3.05) is 18.0 Å². The first-order valence-corrected chi connectivity index (χ1v) is 9.35. The molecule has 1 atom stereocenters. The highest BCUT2D eigenvalue weighted by atomic mass is 32.1. The van der Waals surface area contributed by atoms with Crippen LogP contribution in [0.25, 0.3) is 21.3 Å². The first-order valence-electron chi connectivity index (χ1n) is 8.47. The SMILES string of the molecule is Cc1ccc(-c2csc3ncnc(N4CCC[C@@H](C(N)=O)C4)c23)cc1. The van der Waals surface area contributed by atoms with Gasteiger partial charge < -0.3 is 10.6 Å². The van der Waals surface area contributed by atoms with Crippen molar-refractivity contribution in [3.63, 3.8) is 0 Å². The molecular formula is C19H20N4OS. The van der Waals surface area contributed by atoms with E-state index in [0.717, 1.165) is 46.5 Å². The summed E-state index contributed by atoms with van der Waals surface area (Å²) in [6.07, 6.45) is 3.42. The molecule has 0 spiro atoms. The number of nitrogens with two attached hydrogens (primary N) is 1. The summed E-state index contributed by atoms with van der Waals surface area (Å²) in [5.74, 6) is 0.576. The topological polar surface area (TPSA) is 72.1 Å². The molecule has 3 aromatic rings. The van der Waals surface area contributed by atoms with Gasteiger partial charge in [0.25, 0.3) is 0 Å². The van der Waals surface area contributed by atoms with Crippen molar-refractivity contribution in [3.8, 4) is 11.1 Å². The van der Waals surface area contributed by atoms with Gasteiger partial charge in [-0.15, -0.1) is 11.3 Å². The number of rotatable bonds is 3. The summed E-state index contributed by atoms with van der Waals surface area (Å²) >= 11 is 1.63. The van der Waals surface area contributed by atoms with Gasteiger partial charge in [0.05, 0.1) is 11.3 Å². The molecule has 2 N–H and O–H groups in total. The third-order valence-corrected chi connectivity index (χ3v) is 5.72. The molecule has 128 valence electrons. The second kappa shape index (κ2) is 6.44. The fraction of sp³-hybridized carbons (Fsp3) is 0.316. The Morgan fingerprint density at radius 3 is 2.84 bits per heavy atom. The van der Waals surface area contributed by atoms with E-state index in [9.17, 15) is 4.79 Å². The number of hydrogen-bond acceptors (Lipinski definition) is 5. The largest absolute Gasteiger partial charge is 0.369 e. The maximum Gasteiger partial charge on any atom is 0.222 e. The zero-order chi connectivity index (χ0) is 17.4. The molecule has 6 heteroatoms. The number of thiophene rings is 1. The number of aryl methyl sites for hydroxylation is 1. The molecule has 0 unspecified atom stereocenters. The van der Waals surface area contributed by atoms with E-state index >= 15 is 0 Å². The predicted molar refractivity (Wildman–Crippen MR) is 102 cm³/mol. The second-order valence-electron chi connectivity index (χ2n) is 6.58. The number of fused-ring (bicyclic) bond motifs is 1. The van der Waals surface area contributed by atoms with Crippen LogP contribution < -0.4 is 10.6 Å². The fourth-order valence-corrected chi connectivity index (χ4v) is 4.36. The Balaban J connectivity index is 1.80. The van der Waals surface area contributed by atoms with Gasteiger partial charge >= 0.3 is 0 Å². The van der Waals surface area contributed by atoms with Crippen LogP contribution in [0, 0.1) is 12.8 Å². The van der Waals surface area contributed by atoms with Gasteiger partial charge in [0.2, 0.25) is 5.91 Å². The lowest BCUT2D eigenvalue weighted by atomic mass is 9.97. The Morgan fingerprint density at radius 2 is 2.08 bits per heavy atom. The van der Waals surface area contributed by atoms with Gasteiger partial charge in [-0.2, -0.15) is 0 Å². The summed E-state index contributed by atoms with van der Waals surface area (Å²) in [5, 5.41) is 3.21. The Labute approximate surface area is 150 Å². The number of benzene rings is 1. The lowest BCUT2D eigenvalue weighted by molar-refractivity contribution is -0.122. The lowest BCUT2D eigenvalue weighted by Crippen LogP contribution is -2.41. The quantitative estimate of drug-likeness (QED) is 0.784. The van der Waals surface area contributed by atoms with E-state index in [1.165, 1.54) is 5.56 Å². The van der Waals surface area contributed by atoms with Crippen molar-refractivity contribution >= 4 is 33.3 Å². The van der Waals surface area contributed by atoms with E-state index in [4.69, 9.17) is 5.73 Å². The first-order chi connectivity index (χ1) is 12.1. The number of piperidine rings is 1. The second-order valence-corrected chi connectivity index (χ2v) is 7.44. The maximum absolute atomic E-state index is 11.6. The number of amides is 1. The average Bonchev–Trinajstić information content (AvgIpc) is 3.06. The Morgan fingerprint density at radius 1 is 1.28 bits per heavy atom. The summed E-state index contributed by atoms with van der Waals surface area (Å²) in [6.45, 7) is 3.60. The van der Waals surface area contributed by atoms with Gasteiger partial charge in [-0.25, -0.2) is 9.97 Å². The number of nitrogens with zero attached hydrogens (tertiary/aromatic N) is 3. The standard InChI is InChI=1S/C19H20N4OS/c1-12-4-6-13(7-5-12)15-10-25-19-16(15)18(21-11-22-19)23-8-2-3-14(9-23)17(20)24/h4-7,10-11,14H,2-3,8-9H2,1H3,(H2,20,24)/t14-/m1/s1. The molecule has 0 aliphatic carbocycles. The zero-order valence-electron chi connectivity index (χ0n) is 14.1. The number of carbonyl (C=O) groups excluding carboxylic acids is 1. The van der Waals surface area contributed by atoms with Crippen molar-refractivity contribution in [2.24, 2.45) is 11.7 Å². The normalized spacial score (nSPS) is 17.8. The molecule has 1 aromatic carbocycles. The highest BCUT2D eigenvalue weighted by molar-refractivity contribution is 7.17. The smallest absolute Gasteiger partial charge is 0.222 e. The van der Waals surface area contributed by atoms with E-state index in [1.807, 2.05) is 0 Å². The van der Waals surface area contributed by atoms with Gasteiger partial charge in [-0.1, -0.05) is 29.8 Å². The van der Waals surface area contributed by atoms with E-state index in [2.05, 4.69) is 51.4 Å². The number of carbonyl (C=O) groups is 1. The molecule has 1 aliphatic rings. The Bertz CT molecular complexity index is 919. The van der Waals surface area contributed by atoms with Crippen molar-refractivity contribution in [3.05, 3.63) is 41.5 Å². The minimum absolute atomic E-state index is 0.111. The third kappa shape index (κ3) is 2.98. The Kier molecular flexibility index (Phi) is 4.13. The molecule has 0 bridgehead atoms. The van der Waals surface area contributed by atoms with Crippen LogP contribution in [0.1, 0.15) is 18.4 Å². The fourth-order valence-electron chi connectivity index (χ4n) is 3.45. The van der Waals surface area contributed by atoms with Gasteiger partial charge in [0.15, 0.2) is 0 Å². The summed E-state index contributed by atoms with van der Waals surface area (Å²) in [5.41, 5.74) is 9.09. The molecule has 0 saturated carbocycles. The zero-order valence-corrected chi connectivity index (χ0v) is 14.9. The van der Waals surface area contributed by atoms with Crippen LogP contribution in [0.5, 0.6) is 0 Å². The predicted octanol–water partition coefficient (Wildman–Crippen LogP) is 3.37. The average molecular weight is 352 g/mol. The summed E-state index contributed by atoms with van der Waals surface area (Å²) in [6, 6.07) is 8.50. The summed E-state index contributed by atoms with van der Waals surface area (Å²) < 4.78 is 0. The highest BCUT2D eigenvalue weighted by Gasteiger charge is 2.27. The monoisotopic (exact) mass is 352 g/mol. The summed E-state index contributed by atoms with van der Waals surface area (Å²) in [4.78, 5) is 23.8. The first kappa shape index (κ1) is 16.0. The lowest BCUT2D eigenvalue weighted by Gasteiger charge is -2.32. The van der Waals surface area contributed by atoms with Gasteiger partial charge in [0.1, 0.15) is 17.0 Å². The third-order valence-electron chi connectivity index (χ3n) is 4.84. The van der Waals surface area contributed by atoms with Crippen LogP contribution in [-0.2, 0) is 4.79 Å². The summed E-state index contributed by atoms with van der Waals surface area (Å²) in [7, 11) is 0. The molecule has 4 rings (SSSR count). The highest BCUT2D eigenvalue weighted by Crippen LogP contribution is 2.38. The maximum atomic E-state index is 11.6.